The molecule has 2 aliphatic carbocycles. The number of nitrogens with one attached hydrogen (secondary N) is 3. The summed E-state index contributed by atoms with van der Waals surface area (Å²) in [6.07, 6.45) is 5.55. The first-order valence-corrected chi connectivity index (χ1v) is 10.8. The first kappa shape index (κ1) is 23.7. The number of hydrogen-bond donors (Lipinski definition) is 3. The van der Waals surface area contributed by atoms with E-state index < -0.39 is 0 Å². The summed E-state index contributed by atoms with van der Waals surface area (Å²) in [6.45, 7) is 12.3. The molecule has 5 unspecified atom stereocenters. The van der Waals surface area contributed by atoms with Crippen LogP contribution in [0.1, 0.15) is 66.7 Å². The number of carbonyl (C=O) groups is 1. The molecule has 2 saturated carbocycles. The molecule has 162 valence electrons. The number of hydrogen-bond acceptors (Lipinski definition) is 3. The number of fused-ring (bicyclic) bond motifs is 1. The molecule has 3 rings (SSSR count). The van der Waals surface area contributed by atoms with Gasteiger partial charge in [-0.15, -0.1) is 24.0 Å². The molecule has 1 saturated heterocycles. The minimum absolute atomic E-state index is 0. The van der Waals surface area contributed by atoms with E-state index in [1.807, 2.05) is 13.8 Å². The summed E-state index contributed by atoms with van der Waals surface area (Å²) < 4.78 is 5.92. The van der Waals surface area contributed by atoms with Gasteiger partial charge >= 0.3 is 0 Å². The molecule has 0 spiro atoms. The summed E-state index contributed by atoms with van der Waals surface area (Å²) in [5, 5.41) is 10.4. The highest BCUT2D eigenvalue weighted by molar-refractivity contribution is 14.0. The van der Waals surface area contributed by atoms with Gasteiger partial charge in [0.25, 0.3) is 0 Å². The molecule has 0 aromatic heterocycles. The summed E-state index contributed by atoms with van der Waals surface area (Å²) in [4.78, 5) is 17.1. The van der Waals surface area contributed by atoms with Crippen LogP contribution in [0.2, 0.25) is 0 Å². The van der Waals surface area contributed by atoms with E-state index in [0.29, 0.717) is 24.1 Å². The fraction of sp³-hybridized carbons (Fsp3) is 0.905. The molecule has 0 aromatic carbocycles. The monoisotopic (exact) mass is 506 g/mol. The van der Waals surface area contributed by atoms with Crippen molar-refractivity contribution in [2.75, 3.05) is 13.2 Å². The Bertz CT molecular complexity index is 567. The molecule has 3 N–H and O–H groups in total. The summed E-state index contributed by atoms with van der Waals surface area (Å²) in [5.41, 5.74) is 0.129. The Morgan fingerprint density at radius 3 is 2.64 bits per heavy atom. The zero-order chi connectivity index (χ0) is 19.6. The molecule has 0 aromatic rings. The number of amides is 1. The van der Waals surface area contributed by atoms with E-state index in [-0.39, 0.29) is 47.3 Å². The maximum absolute atomic E-state index is 12.4. The van der Waals surface area contributed by atoms with Gasteiger partial charge in [0.15, 0.2) is 5.96 Å². The maximum atomic E-state index is 12.4. The van der Waals surface area contributed by atoms with Crippen molar-refractivity contribution in [2.24, 2.45) is 22.2 Å². The third-order valence-electron chi connectivity index (χ3n) is 6.53. The lowest BCUT2D eigenvalue weighted by atomic mass is 9.57. The highest BCUT2D eigenvalue weighted by Crippen LogP contribution is 2.52. The van der Waals surface area contributed by atoms with Crippen LogP contribution in [0.5, 0.6) is 0 Å². The Balaban J connectivity index is 0.00000280. The molecule has 3 aliphatic rings. The quantitative estimate of drug-likeness (QED) is 0.305. The third kappa shape index (κ3) is 5.12. The second kappa shape index (κ2) is 9.96. The molecule has 28 heavy (non-hydrogen) atoms. The van der Waals surface area contributed by atoms with Crippen LogP contribution in [0, 0.1) is 17.3 Å². The lowest BCUT2D eigenvalue weighted by Crippen LogP contribution is -2.68. The van der Waals surface area contributed by atoms with E-state index in [9.17, 15) is 4.79 Å². The van der Waals surface area contributed by atoms with Crippen LogP contribution in [0.15, 0.2) is 4.99 Å². The normalized spacial score (nSPS) is 34.1. The van der Waals surface area contributed by atoms with E-state index in [2.05, 4.69) is 36.7 Å². The average Bonchev–Trinajstić information content (AvgIpc) is 3.06. The predicted molar refractivity (Wildman–Crippen MR) is 124 cm³/mol. The smallest absolute Gasteiger partial charge is 0.223 e. The lowest BCUT2D eigenvalue weighted by Gasteiger charge is -2.55. The van der Waals surface area contributed by atoms with Gasteiger partial charge in [0, 0.05) is 48.5 Å². The Morgan fingerprint density at radius 2 is 1.96 bits per heavy atom. The topological polar surface area (TPSA) is 74.8 Å². The highest BCUT2D eigenvalue weighted by Gasteiger charge is 2.59. The minimum atomic E-state index is 0. The first-order chi connectivity index (χ1) is 12.8. The van der Waals surface area contributed by atoms with E-state index in [0.717, 1.165) is 51.2 Å². The van der Waals surface area contributed by atoms with Crippen LogP contribution >= 0.6 is 24.0 Å². The van der Waals surface area contributed by atoms with Crippen LogP contribution in [-0.4, -0.2) is 49.2 Å². The zero-order valence-corrected chi connectivity index (χ0v) is 20.4. The number of carbonyl (C=O) groups excluding carboxylic acids is 1. The molecule has 1 heterocycles. The number of rotatable bonds is 5. The van der Waals surface area contributed by atoms with Crippen molar-refractivity contribution >= 4 is 35.8 Å². The van der Waals surface area contributed by atoms with Gasteiger partial charge in [0.1, 0.15) is 0 Å². The Kier molecular flexibility index (Phi) is 8.43. The fourth-order valence-corrected chi connectivity index (χ4v) is 5.21. The fourth-order valence-electron chi connectivity index (χ4n) is 5.21. The Morgan fingerprint density at radius 1 is 1.21 bits per heavy atom. The zero-order valence-electron chi connectivity index (χ0n) is 18.1. The summed E-state index contributed by atoms with van der Waals surface area (Å²) in [5.74, 6) is 1.79. The third-order valence-corrected chi connectivity index (χ3v) is 6.53. The number of halogens is 1. The van der Waals surface area contributed by atoms with E-state index in [1.165, 1.54) is 0 Å². The SMILES string of the molecule is CCN=C(NC1CCCC(C(=O)NC(C)C)C1)NC1C2CCOC2C1(C)C.I. The number of ether oxygens (including phenoxy) is 1. The Hall–Kier alpha value is -0.570. The van der Waals surface area contributed by atoms with Crippen LogP contribution < -0.4 is 16.0 Å². The largest absolute Gasteiger partial charge is 0.377 e. The first-order valence-electron chi connectivity index (χ1n) is 10.8. The number of aliphatic imine (C=N–C) groups is 1. The molecule has 1 amide bonds. The molecular weight excluding hydrogens is 467 g/mol. The number of nitrogens with zero attached hydrogens (tertiary/aromatic N) is 1. The average molecular weight is 506 g/mol. The molecule has 0 radical (unpaired) electrons. The summed E-state index contributed by atoms with van der Waals surface area (Å²) >= 11 is 0. The van der Waals surface area contributed by atoms with Gasteiger partial charge in [0.05, 0.1) is 6.10 Å². The minimum Gasteiger partial charge on any atom is -0.377 e. The van der Waals surface area contributed by atoms with Gasteiger partial charge in [-0.1, -0.05) is 20.3 Å². The molecule has 5 atom stereocenters. The standard InChI is InChI=1S/C21H38N4O2.HI/c1-6-22-20(25-17-16-10-11-27-18(16)21(17,4)5)24-15-9-7-8-14(12-15)19(26)23-13(2)3;/h13-18H,6-12H2,1-5H3,(H,23,26)(H2,22,24,25);1H. The van der Waals surface area contributed by atoms with Gasteiger partial charge in [-0.25, -0.2) is 0 Å². The molecule has 1 aliphatic heterocycles. The van der Waals surface area contributed by atoms with Gasteiger partial charge in [-0.2, -0.15) is 0 Å². The Labute approximate surface area is 187 Å². The number of guanidine groups is 1. The van der Waals surface area contributed by atoms with Crippen LogP contribution in [0.4, 0.5) is 0 Å². The summed E-state index contributed by atoms with van der Waals surface area (Å²) in [7, 11) is 0. The molecule has 7 heteroatoms. The van der Waals surface area contributed by atoms with Gasteiger partial charge in [0.2, 0.25) is 5.91 Å². The molecule has 6 nitrogen and oxygen atoms in total. The van der Waals surface area contributed by atoms with Crippen molar-refractivity contribution in [2.45, 2.75) is 91.0 Å². The maximum Gasteiger partial charge on any atom is 0.223 e. The lowest BCUT2D eigenvalue weighted by molar-refractivity contribution is -0.126. The van der Waals surface area contributed by atoms with Crippen molar-refractivity contribution in [3.05, 3.63) is 0 Å². The molecular formula is C21H39IN4O2. The van der Waals surface area contributed by atoms with E-state index >= 15 is 0 Å². The second-order valence-corrected chi connectivity index (χ2v) is 9.38. The van der Waals surface area contributed by atoms with Crippen LogP contribution in [-0.2, 0) is 9.53 Å². The van der Waals surface area contributed by atoms with Gasteiger partial charge < -0.3 is 20.7 Å². The predicted octanol–water partition coefficient (Wildman–Crippen LogP) is 3.06. The van der Waals surface area contributed by atoms with E-state index in [1.54, 1.807) is 0 Å². The van der Waals surface area contributed by atoms with Gasteiger partial charge in [-0.3, -0.25) is 9.79 Å². The molecule has 3 fully saturated rings. The molecule has 0 bridgehead atoms. The van der Waals surface area contributed by atoms with Gasteiger partial charge in [-0.05, 0) is 46.5 Å². The second-order valence-electron chi connectivity index (χ2n) is 9.38. The van der Waals surface area contributed by atoms with Crippen molar-refractivity contribution in [1.82, 2.24) is 16.0 Å². The van der Waals surface area contributed by atoms with Crippen molar-refractivity contribution in [1.29, 1.82) is 0 Å². The van der Waals surface area contributed by atoms with Crippen molar-refractivity contribution in [3.63, 3.8) is 0 Å². The van der Waals surface area contributed by atoms with E-state index in [4.69, 9.17) is 9.73 Å². The highest BCUT2D eigenvalue weighted by atomic mass is 127. The van der Waals surface area contributed by atoms with Crippen LogP contribution in [0.3, 0.4) is 0 Å². The van der Waals surface area contributed by atoms with Crippen molar-refractivity contribution < 1.29 is 9.53 Å². The summed E-state index contributed by atoms with van der Waals surface area (Å²) in [6, 6.07) is 0.900. The van der Waals surface area contributed by atoms with Crippen LogP contribution in [0.25, 0.3) is 0 Å². The van der Waals surface area contributed by atoms with Crippen molar-refractivity contribution in [3.8, 4) is 0 Å².